The molecule has 0 aromatic heterocycles. The van der Waals surface area contributed by atoms with Crippen molar-refractivity contribution < 1.29 is 14.3 Å². The molecule has 1 amide bonds. The first-order valence-electron chi connectivity index (χ1n) is 5.74. The molecule has 0 aliphatic carbocycles. The SMILES string of the molecule is C=C(C(=O)N(C)C)[C@@H]1O[C@H]1c1ccc(OC)cc1. The summed E-state index contributed by atoms with van der Waals surface area (Å²) in [7, 11) is 5.04. The van der Waals surface area contributed by atoms with Gasteiger partial charge in [0.1, 0.15) is 18.0 Å². The Kier molecular flexibility index (Phi) is 3.39. The van der Waals surface area contributed by atoms with Crippen molar-refractivity contribution in [3.05, 3.63) is 42.0 Å². The molecule has 0 unspecified atom stereocenters. The van der Waals surface area contributed by atoms with Crippen LogP contribution in [0.1, 0.15) is 11.7 Å². The van der Waals surface area contributed by atoms with Gasteiger partial charge in [0.2, 0.25) is 0 Å². The van der Waals surface area contributed by atoms with Crippen molar-refractivity contribution >= 4 is 5.91 Å². The minimum Gasteiger partial charge on any atom is -0.497 e. The van der Waals surface area contributed by atoms with Crippen LogP contribution < -0.4 is 4.74 Å². The molecule has 1 fully saturated rings. The fourth-order valence-corrected chi connectivity index (χ4v) is 1.83. The van der Waals surface area contributed by atoms with E-state index in [-0.39, 0.29) is 18.1 Å². The maximum atomic E-state index is 11.7. The zero-order valence-corrected chi connectivity index (χ0v) is 10.8. The number of hydrogen-bond acceptors (Lipinski definition) is 3. The van der Waals surface area contributed by atoms with Crippen molar-refractivity contribution in [2.45, 2.75) is 12.2 Å². The molecule has 18 heavy (non-hydrogen) atoms. The molecule has 96 valence electrons. The summed E-state index contributed by atoms with van der Waals surface area (Å²) >= 11 is 0. The molecule has 2 atom stereocenters. The molecule has 1 aliphatic rings. The highest BCUT2D eigenvalue weighted by molar-refractivity contribution is 5.94. The number of benzene rings is 1. The number of amides is 1. The van der Waals surface area contributed by atoms with Crippen LogP contribution in [0.3, 0.4) is 0 Å². The van der Waals surface area contributed by atoms with E-state index in [1.165, 1.54) is 4.90 Å². The maximum absolute atomic E-state index is 11.7. The predicted octanol–water partition coefficient (Wildman–Crippen LogP) is 1.78. The smallest absolute Gasteiger partial charge is 0.251 e. The first-order valence-corrected chi connectivity index (χ1v) is 5.74. The van der Waals surface area contributed by atoms with E-state index in [2.05, 4.69) is 6.58 Å². The zero-order chi connectivity index (χ0) is 13.3. The Morgan fingerprint density at radius 1 is 1.33 bits per heavy atom. The molecule has 4 heteroatoms. The first kappa shape index (κ1) is 12.6. The second-order valence-corrected chi connectivity index (χ2v) is 4.48. The van der Waals surface area contributed by atoms with Crippen molar-refractivity contribution in [2.24, 2.45) is 0 Å². The summed E-state index contributed by atoms with van der Waals surface area (Å²) in [5, 5.41) is 0. The lowest BCUT2D eigenvalue weighted by Gasteiger charge is -2.10. The van der Waals surface area contributed by atoms with Crippen LogP contribution in [-0.4, -0.2) is 38.1 Å². The van der Waals surface area contributed by atoms with E-state index in [0.717, 1.165) is 11.3 Å². The molecular formula is C14H17NO3. The molecular weight excluding hydrogens is 230 g/mol. The van der Waals surface area contributed by atoms with Crippen LogP contribution >= 0.6 is 0 Å². The maximum Gasteiger partial charge on any atom is 0.251 e. The van der Waals surface area contributed by atoms with Crippen LogP contribution in [0.4, 0.5) is 0 Å². The Bertz CT molecular complexity index is 464. The molecule has 1 aromatic rings. The fraction of sp³-hybridized carbons (Fsp3) is 0.357. The Morgan fingerprint density at radius 2 is 1.94 bits per heavy atom. The van der Waals surface area contributed by atoms with Crippen LogP contribution in [0.25, 0.3) is 0 Å². The van der Waals surface area contributed by atoms with Crippen molar-refractivity contribution in [1.29, 1.82) is 0 Å². The molecule has 1 saturated heterocycles. The summed E-state index contributed by atoms with van der Waals surface area (Å²) in [5.41, 5.74) is 1.54. The van der Waals surface area contributed by atoms with Gasteiger partial charge in [0.15, 0.2) is 0 Å². The molecule has 2 rings (SSSR count). The third-order valence-corrected chi connectivity index (χ3v) is 2.96. The van der Waals surface area contributed by atoms with Crippen molar-refractivity contribution in [2.75, 3.05) is 21.2 Å². The number of nitrogens with zero attached hydrogens (tertiary/aromatic N) is 1. The van der Waals surface area contributed by atoms with Crippen LogP contribution in [-0.2, 0) is 9.53 Å². The lowest BCUT2D eigenvalue weighted by Crippen LogP contribution is -2.25. The summed E-state index contributed by atoms with van der Waals surface area (Å²) < 4.78 is 10.6. The molecule has 1 aromatic carbocycles. The molecule has 1 heterocycles. The predicted molar refractivity (Wildman–Crippen MR) is 68.4 cm³/mol. The largest absolute Gasteiger partial charge is 0.497 e. The van der Waals surface area contributed by atoms with Gasteiger partial charge in [0.25, 0.3) is 5.91 Å². The van der Waals surface area contributed by atoms with Crippen LogP contribution in [0.2, 0.25) is 0 Å². The Hall–Kier alpha value is -1.81. The number of carbonyl (C=O) groups excluding carboxylic acids is 1. The van der Waals surface area contributed by atoms with Gasteiger partial charge in [0.05, 0.1) is 7.11 Å². The summed E-state index contributed by atoms with van der Waals surface area (Å²) in [6, 6.07) is 7.64. The highest BCUT2D eigenvalue weighted by Crippen LogP contribution is 2.43. The van der Waals surface area contributed by atoms with Gasteiger partial charge in [-0.3, -0.25) is 4.79 Å². The molecule has 0 saturated carbocycles. The van der Waals surface area contributed by atoms with E-state index in [1.807, 2.05) is 24.3 Å². The normalized spacial score (nSPS) is 21.3. The Labute approximate surface area is 107 Å². The van der Waals surface area contributed by atoms with Crippen LogP contribution in [0.5, 0.6) is 5.75 Å². The highest BCUT2D eigenvalue weighted by atomic mass is 16.6. The number of rotatable bonds is 4. The number of hydrogen-bond donors (Lipinski definition) is 0. The number of likely N-dealkylation sites (N-methyl/N-ethyl adjacent to an activating group) is 1. The molecule has 4 nitrogen and oxygen atoms in total. The van der Waals surface area contributed by atoms with E-state index in [1.54, 1.807) is 21.2 Å². The highest BCUT2D eigenvalue weighted by Gasteiger charge is 2.44. The minimum absolute atomic E-state index is 0.0627. The summed E-state index contributed by atoms with van der Waals surface area (Å²) in [6.45, 7) is 3.81. The van der Waals surface area contributed by atoms with E-state index < -0.39 is 0 Å². The minimum atomic E-state index is -0.201. The summed E-state index contributed by atoms with van der Waals surface area (Å²) in [6.07, 6.45) is -0.263. The second-order valence-electron chi connectivity index (χ2n) is 4.48. The zero-order valence-electron chi connectivity index (χ0n) is 10.8. The van der Waals surface area contributed by atoms with Gasteiger partial charge in [0, 0.05) is 19.7 Å². The average molecular weight is 247 g/mol. The fourth-order valence-electron chi connectivity index (χ4n) is 1.83. The lowest BCUT2D eigenvalue weighted by atomic mass is 10.0. The van der Waals surface area contributed by atoms with E-state index in [0.29, 0.717) is 5.57 Å². The number of carbonyl (C=O) groups is 1. The average Bonchev–Trinajstić information content (AvgIpc) is 3.17. The van der Waals surface area contributed by atoms with Gasteiger partial charge in [-0.05, 0) is 17.7 Å². The van der Waals surface area contributed by atoms with E-state index in [4.69, 9.17) is 9.47 Å². The second kappa shape index (κ2) is 4.82. The molecule has 0 N–H and O–H groups in total. The topological polar surface area (TPSA) is 42.1 Å². The van der Waals surface area contributed by atoms with E-state index >= 15 is 0 Å². The summed E-state index contributed by atoms with van der Waals surface area (Å²) in [4.78, 5) is 13.2. The Morgan fingerprint density at radius 3 is 2.44 bits per heavy atom. The van der Waals surface area contributed by atoms with Crippen LogP contribution in [0.15, 0.2) is 36.4 Å². The molecule has 0 spiro atoms. The number of epoxide rings is 1. The van der Waals surface area contributed by atoms with Crippen molar-refractivity contribution in [3.63, 3.8) is 0 Å². The third kappa shape index (κ3) is 2.38. The third-order valence-electron chi connectivity index (χ3n) is 2.96. The van der Waals surface area contributed by atoms with Gasteiger partial charge in [-0.25, -0.2) is 0 Å². The van der Waals surface area contributed by atoms with Crippen molar-refractivity contribution in [3.8, 4) is 5.75 Å². The number of methoxy groups -OCH3 is 1. The van der Waals surface area contributed by atoms with Gasteiger partial charge >= 0.3 is 0 Å². The van der Waals surface area contributed by atoms with Gasteiger partial charge in [-0.1, -0.05) is 18.7 Å². The molecule has 0 bridgehead atoms. The van der Waals surface area contributed by atoms with Crippen LogP contribution in [0, 0.1) is 0 Å². The lowest BCUT2D eigenvalue weighted by molar-refractivity contribution is -0.124. The van der Waals surface area contributed by atoms with Crippen molar-refractivity contribution in [1.82, 2.24) is 4.90 Å². The monoisotopic (exact) mass is 247 g/mol. The van der Waals surface area contributed by atoms with Gasteiger partial charge in [-0.15, -0.1) is 0 Å². The summed E-state index contributed by atoms with van der Waals surface area (Å²) in [5.74, 6) is 0.718. The van der Waals surface area contributed by atoms with Gasteiger partial charge in [-0.2, -0.15) is 0 Å². The number of ether oxygens (including phenoxy) is 2. The quantitative estimate of drug-likeness (QED) is 0.601. The van der Waals surface area contributed by atoms with E-state index in [9.17, 15) is 4.79 Å². The van der Waals surface area contributed by atoms with Gasteiger partial charge < -0.3 is 14.4 Å². The molecule has 0 radical (unpaired) electrons. The standard InChI is InChI=1S/C14H17NO3/c1-9(14(16)15(2)3)12-13(18-12)10-5-7-11(17-4)8-6-10/h5-8,12-13H,1H2,2-4H3/t12-,13-/m0/s1. The Balaban J connectivity index is 2.02. The first-order chi connectivity index (χ1) is 8.54. The molecule has 1 aliphatic heterocycles.